The smallest absolute Gasteiger partial charge is 0.387 e. The second-order valence-electron chi connectivity index (χ2n) is 11.3. The Morgan fingerprint density at radius 3 is 1.84 bits per heavy atom. The van der Waals surface area contributed by atoms with Crippen LogP contribution < -0.4 is 11.1 Å². The van der Waals surface area contributed by atoms with Gasteiger partial charge in [0, 0.05) is 13.0 Å². The normalized spacial score (nSPS) is 15.1. The number of hydrogen-bond donors (Lipinski definition) is 4. The van der Waals surface area contributed by atoms with Gasteiger partial charge in [-0.2, -0.15) is 0 Å². The Kier molecular flexibility index (Phi) is 30.3. The molecule has 256 valence electrons. The predicted octanol–water partition coefficient (Wildman–Crippen LogP) is 8.60. The lowest BCUT2D eigenvalue weighted by molar-refractivity contribution is -0.123. The molecule has 0 fully saturated rings. The van der Waals surface area contributed by atoms with Crippen LogP contribution in [0.15, 0.2) is 48.6 Å². The maximum atomic E-state index is 12.6. The number of allylic oxidation sites excluding steroid dienone is 7. The molecule has 0 aliphatic rings. The molecule has 0 radical (unpaired) electrons. The molecule has 0 saturated heterocycles. The van der Waals surface area contributed by atoms with Gasteiger partial charge in [0.1, 0.15) is 0 Å². The van der Waals surface area contributed by atoms with Gasteiger partial charge in [-0.1, -0.05) is 114 Å². The van der Waals surface area contributed by atoms with E-state index in [0.717, 1.165) is 70.6 Å². The van der Waals surface area contributed by atoms with E-state index in [0.29, 0.717) is 6.42 Å². The van der Waals surface area contributed by atoms with Crippen molar-refractivity contribution in [3.63, 3.8) is 0 Å². The van der Waals surface area contributed by atoms with Crippen molar-refractivity contribution in [3.05, 3.63) is 48.6 Å². The van der Waals surface area contributed by atoms with Crippen molar-refractivity contribution in [2.45, 2.75) is 148 Å². The second kappa shape index (κ2) is 31.4. The van der Waals surface area contributed by atoms with Crippen LogP contribution in [-0.4, -0.2) is 47.8 Å². The molecule has 3 unspecified atom stereocenters. The van der Waals surface area contributed by atoms with Crippen LogP contribution in [-0.2, 0) is 18.4 Å². The molecule has 9 heteroatoms. The molecule has 0 aliphatic heterocycles. The fourth-order valence-corrected chi connectivity index (χ4v) is 5.22. The van der Waals surface area contributed by atoms with E-state index in [2.05, 4.69) is 55.6 Å². The molecule has 0 bridgehead atoms. The van der Waals surface area contributed by atoms with Crippen molar-refractivity contribution >= 4 is 13.7 Å². The number of hydrogen-bond acceptors (Lipinski definition) is 6. The molecule has 0 saturated carbocycles. The highest BCUT2D eigenvalue weighted by molar-refractivity contribution is 7.47. The Morgan fingerprint density at radius 1 is 0.727 bits per heavy atom. The maximum absolute atomic E-state index is 12.6. The van der Waals surface area contributed by atoms with Gasteiger partial charge in [0.25, 0.3) is 0 Å². The topological polar surface area (TPSA) is 131 Å². The third-order valence-corrected chi connectivity index (χ3v) is 8.07. The van der Waals surface area contributed by atoms with Gasteiger partial charge in [-0.25, -0.2) is 4.57 Å². The Hall–Kier alpha value is -1.54. The summed E-state index contributed by atoms with van der Waals surface area (Å²) >= 11 is 0. The summed E-state index contributed by atoms with van der Waals surface area (Å²) < 4.78 is 21.9. The number of aliphatic hydroxyl groups is 1. The van der Waals surface area contributed by atoms with E-state index in [-0.39, 0.29) is 25.7 Å². The van der Waals surface area contributed by atoms with Crippen LogP contribution in [0.25, 0.3) is 0 Å². The third-order valence-electron chi connectivity index (χ3n) is 7.09. The maximum Gasteiger partial charge on any atom is 0.472 e. The summed E-state index contributed by atoms with van der Waals surface area (Å²) in [6.45, 7) is 3.98. The van der Waals surface area contributed by atoms with E-state index in [9.17, 15) is 19.4 Å². The van der Waals surface area contributed by atoms with E-state index in [4.69, 9.17) is 14.8 Å². The monoisotopic (exact) mass is 640 g/mol. The van der Waals surface area contributed by atoms with Gasteiger partial charge in [0.15, 0.2) is 0 Å². The highest BCUT2D eigenvalue weighted by Crippen LogP contribution is 2.43. The zero-order valence-electron chi connectivity index (χ0n) is 27.9. The lowest BCUT2D eigenvalue weighted by atomic mass is 10.1. The minimum atomic E-state index is -4.34. The van der Waals surface area contributed by atoms with Crippen molar-refractivity contribution in [1.29, 1.82) is 0 Å². The van der Waals surface area contributed by atoms with Crippen LogP contribution in [0, 0.1) is 0 Å². The van der Waals surface area contributed by atoms with Gasteiger partial charge in [-0.3, -0.25) is 13.8 Å². The zero-order chi connectivity index (χ0) is 32.6. The minimum absolute atomic E-state index is 0.0688. The average molecular weight is 641 g/mol. The first-order valence-corrected chi connectivity index (χ1v) is 18.8. The number of rotatable bonds is 31. The van der Waals surface area contributed by atoms with E-state index < -0.39 is 20.0 Å². The molecular weight excluding hydrogens is 575 g/mol. The van der Waals surface area contributed by atoms with Gasteiger partial charge in [0.05, 0.1) is 25.4 Å². The lowest BCUT2D eigenvalue weighted by Crippen LogP contribution is -2.45. The van der Waals surface area contributed by atoms with Gasteiger partial charge in [0.2, 0.25) is 5.91 Å². The van der Waals surface area contributed by atoms with Crippen molar-refractivity contribution in [2.75, 3.05) is 19.8 Å². The van der Waals surface area contributed by atoms with Crippen molar-refractivity contribution in [1.82, 2.24) is 5.32 Å². The standard InChI is InChI=1S/C35H65N2O6P/c1-3-5-7-9-11-13-15-16-17-18-19-20-22-24-26-28-34(38)33(32-43-44(40,41)42-31-30-36)37-35(39)29-27-25-23-21-14-12-10-8-6-4-2/h8,10,15-16,19-20,26,28,33-34,38H,3-7,9,11-14,17-18,21-25,27,29-32,36H2,1-2H3,(H,37,39)(H,40,41)/b10-8-,16-15+,20-19+,28-26+. The Bertz CT molecular complexity index is 830. The van der Waals surface area contributed by atoms with E-state index in [1.54, 1.807) is 6.08 Å². The van der Waals surface area contributed by atoms with Crippen LogP contribution >= 0.6 is 7.82 Å². The summed E-state index contributed by atoms with van der Waals surface area (Å²) in [5.74, 6) is -0.224. The summed E-state index contributed by atoms with van der Waals surface area (Å²) in [6.07, 6.45) is 35.9. The number of aliphatic hydroxyl groups excluding tert-OH is 1. The summed E-state index contributed by atoms with van der Waals surface area (Å²) in [4.78, 5) is 22.5. The fourth-order valence-electron chi connectivity index (χ4n) is 4.46. The first-order valence-electron chi connectivity index (χ1n) is 17.3. The minimum Gasteiger partial charge on any atom is -0.387 e. The molecule has 5 N–H and O–H groups in total. The summed E-state index contributed by atoms with van der Waals surface area (Å²) in [5, 5.41) is 13.5. The van der Waals surface area contributed by atoms with Crippen LogP contribution in [0.4, 0.5) is 0 Å². The first-order chi connectivity index (χ1) is 21.4. The molecular formula is C35H65N2O6P. The number of phosphoric acid groups is 1. The van der Waals surface area contributed by atoms with E-state index in [1.807, 2.05) is 6.08 Å². The largest absolute Gasteiger partial charge is 0.472 e. The molecule has 0 aromatic carbocycles. The molecule has 0 spiro atoms. The first kappa shape index (κ1) is 42.5. The van der Waals surface area contributed by atoms with Crippen molar-refractivity contribution < 1.29 is 28.4 Å². The summed E-state index contributed by atoms with van der Waals surface area (Å²) in [5.41, 5.74) is 5.33. The van der Waals surface area contributed by atoms with E-state index in [1.165, 1.54) is 44.9 Å². The lowest BCUT2D eigenvalue weighted by Gasteiger charge is -2.23. The molecule has 0 rings (SSSR count). The van der Waals surface area contributed by atoms with Crippen LogP contribution in [0.2, 0.25) is 0 Å². The number of unbranched alkanes of at least 4 members (excludes halogenated alkanes) is 13. The average Bonchev–Trinajstić information content (AvgIpc) is 3.01. The van der Waals surface area contributed by atoms with Crippen LogP contribution in [0.3, 0.4) is 0 Å². The molecule has 0 aliphatic carbocycles. The molecule has 0 aromatic heterocycles. The number of phosphoric ester groups is 1. The molecule has 44 heavy (non-hydrogen) atoms. The number of carbonyl (C=O) groups is 1. The quantitative estimate of drug-likeness (QED) is 0.0339. The van der Waals surface area contributed by atoms with Gasteiger partial charge in [-0.05, 0) is 64.2 Å². The van der Waals surface area contributed by atoms with Gasteiger partial charge < -0.3 is 21.1 Å². The number of carbonyl (C=O) groups excluding carboxylic acids is 1. The Balaban J connectivity index is 4.49. The van der Waals surface area contributed by atoms with Crippen LogP contribution in [0.5, 0.6) is 0 Å². The predicted molar refractivity (Wildman–Crippen MR) is 184 cm³/mol. The molecule has 3 atom stereocenters. The number of nitrogens with two attached hydrogens (primary N) is 1. The third kappa shape index (κ3) is 29.2. The summed E-state index contributed by atoms with van der Waals surface area (Å²) in [6, 6.07) is -0.885. The van der Waals surface area contributed by atoms with Crippen molar-refractivity contribution in [2.24, 2.45) is 5.73 Å². The van der Waals surface area contributed by atoms with Crippen molar-refractivity contribution in [3.8, 4) is 0 Å². The van der Waals surface area contributed by atoms with Gasteiger partial charge in [-0.15, -0.1) is 0 Å². The molecule has 0 aromatic rings. The van der Waals surface area contributed by atoms with Crippen LogP contribution in [0.1, 0.15) is 136 Å². The SMILES string of the molecule is CCC/C=C\CCCCCCCC(=O)NC(COP(=O)(O)OCCN)C(O)/C=C/CC/C=C/CC/C=C/CCCCCCC. The molecule has 8 nitrogen and oxygen atoms in total. The highest BCUT2D eigenvalue weighted by Gasteiger charge is 2.26. The number of amides is 1. The highest BCUT2D eigenvalue weighted by atomic mass is 31.2. The second-order valence-corrected chi connectivity index (χ2v) is 12.8. The number of nitrogens with one attached hydrogen (secondary N) is 1. The summed E-state index contributed by atoms with van der Waals surface area (Å²) in [7, 11) is -4.34. The van der Waals surface area contributed by atoms with Gasteiger partial charge >= 0.3 is 7.82 Å². The van der Waals surface area contributed by atoms with E-state index >= 15 is 0 Å². The zero-order valence-corrected chi connectivity index (χ0v) is 28.8. The molecule has 0 heterocycles. The fraction of sp³-hybridized carbons (Fsp3) is 0.743. The Morgan fingerprint density at radius 2 is 1.25 bits per heavy atom. The molecule has 1 amide bonds. The Labute approximate surface area is 269 Å².